The van der Waals surface area contributed by atoms with Gasteiger partial charge in [0.1, 0.15) is 5.82 Å². The van der Waals surface area contributed by atoms with Crippen molar-refractivity contribution in [3.05, 3.63) is 64.6 Å². The van der Waals surface area contributed by atoms with Crippen LogP contribution in [0.25, 0.3) is 11.4 Å². The summed E-state index contributed by atoms with van der Waals surface area (Å²) in [7, 11) is 0. The molecule has 1 aliphatic rings. The van der Waals surface area contributed by atoms with Crippen LogP contribution in [0, 0.1) is 15.9 Å². The van der Waals surface area contributed by atoms with Gasteiger partial charge in [-0.05, 0) is 37.1 Å². The summed E-state index contributed by atoms with van der Waals surface area (Å²) in [5.41, 5.74) is 1.03. The highest BCUT2D eigenvalue weighted by molar-refractivity contribution is 5.66. The van der Waals surface area contributed by atoms with E-state index in [1.807, 2.05) is 18.2 Å². The number of nitro groups is 1. The number of benzene rings is 1. The van der Waals surface area contributed by atoms with Gasteiger partial charge in [-0.15, -0.1) is 0 Å². The number of pyridine rings is 1. The molecule has 4 rings (SSSR count). The zero-order valence-corrected chi connectivity index (χ0v) is 14.1. The van der Waals surface area contributed by atoms with E-state index >= 15 is 0 Å². The van der Waals surface area contributed by atoms with Crippen LogP contribution in [-0.4, -0.2) is 25.9 Å². The van der Waals surface area contributed by atoms with E-state index in [0.717, 1.165) is 25.0 Å². The van der Waals surface area contributed by atoms with E-state index in [0.29, 0.717) is 34.9 Å². The molecule has 0 saturated heterocycles. The molecule has 0 aliphatic heterocycles. The third kappa shape index (κ3) is 3.97. The van der Waals surface area contributed by atoms with Crippen molar-refractivity contribution >= 4 is 23.1 Å². The van der Waals surface area contributed by atoms with Crippen LogP contribution in [0.4, 0.5) is 27.5 Å². The van der Waals surface area contributed by atoms with E-state index in [2.05, 4.69) is 25.6 Å². The van der Waals surface area contributed by atoms with Crippen molar-refractivity contribution in [2.24, 2.45) is 0 Å². The number of nitro benzene ring substituents is 1. The van der Waals surface area contributed by atoms with Crippen molar-refractivity contribution in [3.63, 3.8) is 0 Å². The molecule has 1 saturated carbocycles. The van der Waals surface area contributed by atoms with Crippen LogP contribution in [0.3, 0.4) is 0 Å². The first kappa shape index (κ1) is 16.8. The third-order valence-corrected chi connectivity index (χ3v) is 3.98. The van der Waals surface area contributed by atoms with Crippen LogP contribution < -0.4 is 10.6 Å². The Labute approximate surface area is 153 Å². The average molecular weight is 366 g/mol. The van der Waals surface area contributed by atoms with Gasteiger partial charge in [-0.1, -0.05) is 6.07 Å². The van der Waals surface area contributed by atoms with Gasteiger partial charge in [0.25, 0.3) is 0 Å². The van der Waals surface area contributed by atoms with Gasteiger partial charge in [-0.2, -0.15) is 9.37 Å². The Kier molecular flexibility index (Phi) is 4.33. The van der Waals surface area contributed by atoms with Crippen molar-refractivity contribution < 1.29 is 9.31 Å². The van der Waals surface area contributed by atoms with Crippen molar-refractivity contribution in [2.45, 2.75) is 18.9 Å². The standard InChI is InChI=1S/C18H15FN6O2/c19-13-7-6-12(9-16(13)25(26)27)21-17-10-15(14-3-1-2-8-20-14)23-18(24-17)22-11-4-5-11/h1-3,6-11H,4-5H2,(H2,21,22,23,24). The van der Waals surface area contributed by atoms with Gasteiger partial charge in [0.2, 0.25) is 11.8 Å². The molecule has 0 amide bonds. The Bertz CT molecular complexity index is 994. The number of aromatic nitrogens is 3. The fraction of sp³-hybridized carbons (Fsp3) is 0.167. The van der Waals surface area contributed by atoms with Crippen molar-refractivity contribution in [2.75, 3.05) is 10.6 Å². The highest BCUT2D eigenvalue weighted by Gasteiger charge is 2.23. The SMILES string of the molecule is O=[N+]([O-])c1cc(Nc2cc(-c3ccccn3)nc(NC3CC3)n2)ccc1F. The number of halogens is 1. The normalized spacial score (nSPS) is 13.2. The van der Waals surface area contributed by atoms with Gasteiger partial charge < -0.3 is 10.6 Å². The summed E-state index contributed by atoms with van der Waals surface area (Å²) < 4.78 is 13.5. The first-order valence-electron chi connectivity index (χ1n) is 8.36. The van der Waals surface area contributed by atoms with Crippen molar-refractivity contribution in [1.29, 1.82) is 0 Å². The summed E-state index contributed by atoms with van der Waals surface area (Å²) in [6.07, 6.45) is 3.79. The summed E-state index contributed by atoms with van der Waals surface area (Å²) in [5, 5.41) is 17.2. The number of hydrogen-bond acceptors (Lipinski definition) is 7. The largest absolute Gasteiger partial charge is 0.351 e. The molecule has 3 aromatic rings. The summed E-state index contributed by atoms with van der Waals surface area (Å²) in [6, 6.07) is 11.1. The van der Waals surface area contributed by atoms with E-state index < -0.39 is 16.4 Å². The number of hydrogen-bond donors (Lipinski definition) is 2. The van der Waals surface area contributed by atoms with Gasteiger partial charge >= 0.3 is 5.69 Å². The van der Waals surface area contributed by atoms with Crippen LogP contribution >= 0.6 is 0 Å². The number of nitrogens with zero attached hydrogens (tertiary/aromatic N) is 4. The minimum absolute atomic E-state index is 0.351. The molecule has 2 heterocycles. The summed E-state index contributed by atoms with van der Waals surface area (Å²) in [6.45, 7) is 0. The minimum atomic E-state index is -0.890. The maximum Gasteiger partial charge on any atom is 0.306 e. The van der Waals surface area contributed by atoms with Crippen LogP contribution in [-0.2, 0) is 0 Å². The second kappa shape index (κ2) is 6.94. The zero-order valence-electron chi connectivity index (χ0n) is 14.1. The molecular formula is C18H15FN6O2. The quantitative estimate of drug-likeness (QED) is 0.503. The molecule has 2 N–H and O–H groups in total. The molecule has 1 aromatic carbocycles. The van der Waals surface area contributed by atoms with E-state index in [1.165, 1.54) is 6.07 Å². The fourth-order valence-electron chi connectivity index (χ4n) is 2.51. The molecule has 9 heteroatoms. The Morgan fingerprint density at radius 1 is 1.11 bits per heavy atom. The van der Waals surface area contributed by atoms with Crippen LogP contribution in [0.5, 0.6) is 0 Å². The van der Waals surface area contributed by atoms with Gasteiger partial charge in [-0.25, -0.2) is 4.98 Å². The molecule has 27 heavy (non-hydrogen) atoms. The Morgan fingerprint density at radius 3 is 2.67 bits per heavy atom. The number of nitrogens with one attached hydrogen (secondary N) is 2. The summed E-state index contributed by atoms with van der Waals surface area (Å²) >= 11 is 0. The molecule has 0 radical (unpaired) electrons. The fourth-order valence-corrected chi connectivity index (χ4v) is 2.51. The van der Waals surface area contributed by atoms with E-state index in [1.54, 1.807) is 12.3 Å². The summed E-state index contributed by atoms with van der Waals surface area (Å²) in [5.74, 6) is -0.0204. The van der Waals surface area contributed by atoms with Crippen LogP contribution in [0.2, 0.25) is 0 Å². The smallest absolute Gasteiger partial charge is 0.306 e. The average Bonchev–Trinajstić information content (AvgIpc) is 3.47. The van der Waals surface area contributed by atoms with E-state index in [-0.39, 0.29) is 0 Å². The molecule has 0 atom stereocenters. The van der Waals surface area contributed by atoms with Gasteiger partial charge in [0.05, 0.1) is 16.3 Å². The first-order chi connectivity index (χ1) is 13.1. The Morgan fingerprint density at radius 2 is 1.96 bits per heavy atom. The molecule has 8 nitrogen and oxygen atoms in total. The number of rotatable bonds is 6. The molecule has 0 bridgehead atoms. The van der Waals surface area contributed by atoms with Crippen LogP contribution in [0.15, 0.2) is 48.7 Å². The lowest BCUT2D eigenvalue weighted by Gasteiger charge is -2.11. The lowest BCUT2D eigenvalue weighted by molar-refractivity contribution is -0.387. The van der Waals surface area contributed by atoms with Gasteiger partial charge in [-0.3, -0.25) is 15.1 Å². The Hall–Kier alpha value is -3.62. The second-order valence-electron chi connectivity index (χ2n) is 6.14. The predicted molar refractivity (Wildman–Crippen MR) is 98.2 cm³/mol. The minimum Gasteiger partial charge on any atom is -0.351 e. The van der Waals surface area contributed by atoms with Crippen molar-refractivity contribution in [1.82, 2.24) is 15.0 Å². The third-order valence-electron chi connectivity index (χ3n) is 3.98. The molecular weight excluding hydrogens is 351 g/mol. The van der Waals surface area contributed by atoms with E-state index in [4.69, 9.17) is 0 Å². The molecule has 1 aliphatic carbocycles. The maximum atomic E-state index is 13.5. The molecule has 1 fully saturated rings. The lowest BCUT2D eigenvalue weighted by Crippen LogP contribution is -2.08. The molecule has 0 unspecified atom stereocenters. The predicted octanol–water partition coefficient (Wildman–Crippen LogP) is 3.90. The molecule has 136 valence electrons. The van der Waals surface area contributed by atoms with Gasteiger partial charge in [0.15, 0.2) is 0 Å². The molecule has 0 spiro atoms. The summed E-state index contributed by atoms with van der Waals surface area (Å²) in [4.78, 5) is 23.4. The second-order valence-corrected chi connectivity index (χ2v) is 6.14. The van der Waals surface area contributed by atoms with Gasteiger partial charge in [0, 0.05) is 30.1 Å². The highest BCUT2D eigenvalue weighted by Crippen LogP contribution is 2.28. The lowest BCUT2D eigenvalue weighted by atomic mass is 10.2. The monoisotopic (exact) mass is 366 g/mol. The topological polar surface area (TPSA) is 106 Å². The first-order valence-corrected chi connectivity index (χ1v) is 8.36. The number of anilines is 3. The molecule has 2 aromatic heterocycles. The Balaban J connectivity index is 1.69. The van der Waals surface area contributed by atoms with Crippen LogP contribution in [0.1, 0.15) is 12.8 Å². The van der Waals surface area contributed by atoms with Crippen molar-refractivity contribution in [3.8, 4) is 11.4 Å². The van der Waals surface area contributed by atoms with E-state index in [9.17, 15) is 14.5 Å². The maximum absolute atomic E-state index is 13.5. The highest BCUT2D eigenvalue weighted by atomic mass is 19.1. The zero-order chi connectivity index (χ0) is 18.8.